The second kappa shape index (κ2) is 9.83. The van der Waals surface area contributed by atoms with E-state index >= 15 is 0 Å². The molecule has 0 radical (unpaired) electrons. The molecule has 2 aromatic carbocycles. The van der Waals surface area contributed by atoms with E-state index in [9.17, 15) is 4.79 Å². The molecule has 24 heavy (non-hydrogen) atoms. The first-order valence-corrected chi connectivity index (χ1v) is 9.07. The van der Waals surface area contributed by atoms with Gasteiger partial charge in [-0.2, -0.15) is 11.8 Å². The highest BCUT2D eigenvalue weighted by atomic mass is 32.2. The maximum Gasteiger partial charge on any atom is 0.244 e. The number of para-hydroxylation sites is 1. The Morgan fingerprint density at radius 1 is 1.17 bits per heavy atom. The molecule has 0 aliphatic heterocycles. The third-order valence-electron chi connectivity index (χ3n) is 3.62. The van der Waals surface area contributed by atoms with E-state index in [0.29, 0.717) is 6.54 Å². The van der Waals surface area contributed by atoms with Gasteiger partial charge in [-0.15, -0.1) is 0 Å². The number of methoxy groups -OCH3 is 1. The van der Waals surface area contributed by atoms with E-state index in [1.165, 1.54) is 11.1 Å². The van der Waals surface area contributed by atoms with Crippen LogP contribution in [0.3, 0.4) is 0 Å². The van der Waals surface area contributed by atoms with Gasteiger partial charge in [0.25, 0.3) is 0 Å². The number of benzene rings is 2. The van der Waals surface area contributed by atoms with Gasteiger partial charge >= 0.3 is 0 Å². The Balaban J connectivity index is 1.70. The van der Waals surface area contributed by atoms with Crippen molar-refractivity contribution in [3.8, 4) is 5.75 Å². The van der Waals surface area contributed by atoms with E-state index in [0.717, 1.165) is 22.8 Å². The molecule has 0 unspecified atom stereocenters. The molecule has 0 atom stereocenters. The Bertz CT molecular complexity index is 698. The lowest BCUT2D eigenvalue weighted by Gasteiger charge is -2.06. The van der Waals surface area contributed by atoms with Crippen LogP contribution in [0.2, 0.25) is 0 Å². The van der Waals surface area contributed by atoms with Crippen LogP contribution >= 0.6 is 11.8 Å². The highest BCUT2D eigenvalue weighted by molar-refractivity contribution is 7.98. The highest BCUT2D eigenvalue weighted by Crippen LogP contribution is 2.18. The lowest BCUT2D eigenvalue weighted by Crippen LogP contribution is -2.23. The molecule has 2 rings (SSSR count). The van der Waals surface area contributed by atoms with Crippen molar-refractivity contribution in [1.82, 2.24) is 5.32 Å². The molecule has 0 aliphatic carbocycles. The normalized spacial score (nSPS) is 10.8. The quantitative estimate of drug-likeness (QED) is 0.581. The summed E-state index contributed by atoms with van der Waals surface area (Å²) in [7, 11) is 1.62. The highest BCUT2D eigenvalue weighted by Gasteiger charge is 2.00. The SMILES string of the molecule is COc1ccccc1/C=C/C(=O)NCCSCc1ccccc1C. The zero-order valence-corrected chi connectivity index (χ0v) is 14.9. The Hall–Kier alpha value is -2.20. The molecular formula is C20H23NO2S. The minimum absolute atomic E-state index is 0.0857. The van der Waals surface area contributed by atoms with Gasteiger partial charge in [0.05, 0.1) is 7.11 Å². The number of amides is 1. The first kappa shape index (κ1) is 18.1. The first-order chi connectivity index (χ1) is 11.7. The summed E-state index contributed by atoms with van der Waals surface area (Å²) in [5.74, 6) is 2.54. The van der Waals surface area contributed by atoms with Gasteiger partial charge in [-0.3, -0.25) is 4.79 Å². The Morgan fingerprint density at radius 2 is 1.92 bits per heavy atom. The van der Waals surface area contributed by atoms with Crippen molar-refractivity contribution in [3.63, 3.8) is 0 Å². The summed E-state index contributed by atoms with van der Waals surface area (Å²) in [6.45, 7) is 2.78. The number of rotatable bonds is 8. The van der Waals surface area contributed by atoms with E-state index in [1.807, 2.05) is 36.0 Å². The maximum absolute atomic E-state index is 11.9. The van der Waals surface area contributed by atoms with Crippen molar-refractivity contribution < 1.29 is 9.53 Å². The minimum atomic E-state index is -0.0857. The predicted octanol–water partition coefficient (Wildman–Crippen LogP) is 4.07. The van der Waals surface area contributed by atoms with Crippen LogP contribution in [0.5, 0.6) is 5.75 Å². The van der Waals surface area contributed by atoms with Gasteiger partial charge in [0.2, 0.25) is 5.91 Å². The number of hydrogen-bond acceptors (Lipinski definition) is 3. The molecule has 0 saturated carbocycles. The molecule has 1 amide bonds. The van der Waals surface area contributed by atoms with E-state index < -0.39 is 0 Å². The number of nitrogens with one attached hydrogen (secondary N) is 1. The number of aryl methyl sites for hydroxylation is 1. The number of hydrogen-bond donors (Lipinski definition) is 1. The van der Waals surface area contributed by atoms with E-state index in [2.05, 4.69) is 36.5 Å². The Labute approximate surface area is 148 Å². The van der Waals surface area contributed by atoms with Crippen molar-refractivity contribution in [2.75, 3.05) is 19.4 Å². The minimum Gasteiger partial charge on any atom is -0.496 e. The van der Waals surface area contributed by atoms with Crippen LogP contribution in [0, 0.1) is 6.92 Å². The number of thioether (sulfide) groups is 1. The summed E-state index contributed by atoms with van der Waals surface area (Å²) < 4.78 is 5.26. The Morgan fingerprint density at radius 3 is 2.71 bits per heavy atom. The molecule has 0 heterocycles. The zero-order valence-electron chi connectivity index (χ0n) is 14.1. The van der Waals surface area contributed by atoms with Crippen LogP contribution in [-0.4, -0.2) is 25.3 Å². The smallest absolute Gasteiger partial charge is 0.244 e. The lowest BCUT2D eigenvalue weighted by molar-refractivity contribution is -0.116. The maximum atomic E-state index is 11.9. The van der Waals surface area contributed by atoms with E-state index in [4.69, 9.17) is 4.74 Å². The van der Waals surface area contributed by atoms with Crippen LogP contribution in [0.25, 0.3) is 6.08 Å². The molecule has 0 fully saturated rings. The van der Waals surface area contributed by atoms with Crippen LogP contribution in [0.4, 0.5) is 0 Å². The topological polar surface area (TPSA) is 38.3 Å². The summed E-state index contributed by atoms with van der Waals surface area (Å²) in [4.78, 5) is 11.9. The van der Waals surface area contributed by atoms with Crippen molar-refractivity contribution in [2.24, 2.45) is 0 Å². The summed E-state index contributed by atoms with van der Waals surface area (Å²) in [5.41, 5.74) is 3.56. The monoisotopic (exact) mass is 341 g/mol. The van der Waals surface area contributed by atoms with Crippen LogP contribution in [0.15, 0.2) is 54.6 Å². The van der Waals surface area contributed by atoms with Gasteiger partial charge in [-0.1, -0.05) is 42.5 Å². The molecule has 0 aromatic heterocycles. The van der Waals surface area contributed by atoms with Crippen LogP contribution in [-0.2, 0) is 10.5 Å². The summed E-state index contributed by atoms with van der Waals surface area (Å²) >= 11 is 1.82. The van der Waals surface area contributed by atoms with Crippen molar-refractivity contribution >= 4 is 23.7 Å². The third-order valence-corrected chi connectivity index (χ3v) is 4.63. The lowest BCUT2D eigenvalue weighted by atomic mass is 10.1. The van der Waals surface area contributed by atoms with Gasteiger partial charge in [0.15, 0.2) is 0 Å². The predicted molar refractivity (Wildman–Crippen MR) is 102 cm³/mol. The Kier molecular flexibility index (Phi) is 7.43. The standard InChI is InChI=1S/C20H23NO2S/c1-16-7-3-4-9-18(16)15-24-14-13-21-20(22)12-11-17-8-5-6-10-19(17)23-2/h3-12H,13-15H2,1-2H3,(H,21,22)/b12-11+. The first-order valence-electron chi connectivity index (χ1n) is 7.92. The summed E-state index contributed by atoms with van der Waals surface area (Å²) in [6.07, 6.45) is 3.32. The molecule has 2 aromatic rings. The molecule has 0 bridgehead atoms. The van der Waals surface area contributed by atoms with E-state index in [1.54, 1.807) is 19.3 Å². The average molecular weight is 341 g/mol. The number of carbonyl (C=O) groups is 1. The summed E-state index contributed by atoms with van der Waals surface area (Å²) in [5, 5.41) is 2.90. The van der Waals surface area contributed by atoms with Crippen molar-refractivity contribution in [1.29, 1.82) is 0 Å². The fourth-order valence-corrected chi connectivity index (χ4v) is 3.16. The molecule has 0 aliphatic rings. The number of carbonyl (C=O) groups excluding carboxylic acids is 1. The van der Waals surface area contributed by atoms with Crippen LogP contribution < -0.4 is 10.1 Å². The van der Waals surface area contributed by atoms with Crippen molar-refractivity contribution in [3.05, 3.63) is 71.3 Å². The summed E-state index contributed by atoms with van der Waals surface area (Å²) in [6, 6.07) is 16.0. The van der Waals surface area contributed by atoms with Crippen LogP contribution in [0.1, 0.15) is 16.7 Å². The fourth-order valence-electron chi connectivity index (χ4n) is 2.23. The fraction of sp³-hybridized carbons (Fsp3) is 0.250. The molecule has 4 heteroatoms. The molecule has 126 valence electrons. The number of ether oxygens (including phenoxy) is 1. The van der Waals surface area contributed by atoms with Gasteiger partial charge < -0.3 is 10.1 Å². The second-order valence-electron chi connectivity index (χ2n) is 5.35. The molecule has 3 nitrogen and oxygen atoms in total. The van der Waals surface area contributed by atoms with Gasteiger partial charge in [0.1, 0.15) is 5.75 Å². The molecular weight excluding hydrogens is 318 g/mol. The molecule has 1 N–H and O–H groups in total. The average Bonchev–Trinajstić information content (AvgIpc) is 2.61. The third kappa shape index (κ3) is 5.78. The van der Waals surface area contributed by atoms with Gasteiger partial charge in [-0.25, -0.2) is 0 Å². The largest absolute Gasteiger partial charge is 0.496 e. The van der Waals surface area contributed by atoms with Gasteiger partial charge in [-0.05, 0) is 30.2 Å². The molecule has 0 saturated heterocycles. The molecule has 0 spiro atoms. The zero-order chi connectivity index (χ0) is 17.2. The van der Waals surface area contributed by atoms with Gasteiger partial charge in [0, 0.05) is 29.7 Å². The van der Waals surface area contributed by atoms with Crippen molar-refractivity contribution in [2.45, 2.75) is 12.7 Å². The van der Waals surface area contributed by atoms with E-state index in [-0.39, 0.29) is 5.91 Å². The second-order valence-corrected chi connectivity index (χ2v) is 6.45.